The average molecular weight is 181 g/mol. The van der Waals surface area contributed by atoms with Crippen LogP contribution in [0.2, 0.25) is 0 Å². The van der Waals surface area contributed by atoms with Crippen molar-refractivity contribution in [3.63, 3.8) is 0 Å². The summed E-state index contributed by atoms with van der Waals surface area (Å²) in [5.41, 5.74) is 1.14. The van der Waals surface area contributed by atoms with Gasteiger partial charge in [0.05, 0.1) is 12.6 Å². The van der Waals surface area contributed by atoms with Gasteiger partial charge < -0.3 is 10.0 Å². The summed E-state index contributed by atoms with van der Waals surface area (Å²) in [5.74, 6) is 0.235. The minimum absolute atomic E-state index is 0.214. The molecule has 1 unspecified atom stereocenters. The van der Waals surface area contributed by atoms with E-state index in [0.717, 1.165) is 31.5 Å². The molecule has 0 radical (unpaired) electrons. The van der Waals surface area contributed by atoms with E-state index in [2.05, 4.69) is 4.90 Å². The van der Waals surface area contributed by atoms with Crippen LogP contribution in [0.3, 0.4) is 0 Å². The molecule has 1 heterocycles. The molecule has 1 aliphatic heterocycles. The molecule has 72 valence electrons. The Labute approximate surface area is 78.0 Å². The van der Waals surface area contributed by atoms with Crippen LogP contribution in [0.5, 0.6) is 0 Å². The zero-order valence-corrected chi connectivity index (χ0v) is 7.70. The molecule has 0 aromatic heterocycles. The van der Waals surface area contributed by atoms with Crippen LogP contribution in [-0.2, 0) is 4.79 Å². The second-order valence-corrected chi connectivity index (χ2v) is 3.77. The van der Waals surface area contributed by atoms with E-state index in [4.69, 9.17) is 5.11 Å². The molecule has 1 atom stereocenters. The Balaban J connectivity index is 2.07. The van der Waals surface area contributed by atoms with Crippen molar-refractivity contribution < 1.29 is 9.90 Å². The van der Waals surface area contributed by atoms with Crippen molar-refractivity contribution in [3.05, 3.63) is 11.8 Å². The molecule has 0 aromatic carbocycles. The molecular weight excluding hydrogens is 166 g/mol. The van der Waals surface area contributed by atoms with Gasteiger partial charge in [-0.3, -0.25) is 4.79 Å². The lowest BCUT2D eigenvalue weighted by Gasteiger charge is -2.25. The van der Waals surface area contributed by atoms with Crippen LogP contribution in [0.25, 0.3) is 0 Å². The van der Waals surface area contributed by atoms with E-state index >= 15 is 0 Å². The fraction of sp³-hybridized carbons (Fsp3) is 0.700. The Morgan fingerprint density at radius 2 is 2.38 bits per heavy atom. The third kappa shape index (κ3) is 1.61. The van der Waals surface area contributed by atoms with Crippen LogP contribution in [0.1, 0.15) is 25.7 Å². The largest absolute Gasteiger partial charge is 0.394 e. The predicted octanol–water partition coefficient (Wildman–Crippen LogP) is 0.690. The van der Waals surface area contributed by atoms with Crippen molar-refractivity contribution in [2.75, 3.05) is 13.2 Å². The van der Waals surface area contributed by atoms with Crippen LogP contribution in [0.15, 0.2) is 11.8 Å². The van der Waals surface area contributed by atoms with Crippen molar-refractivity contribution in [1.29, 1.82) is 0 Å². The minimum atomic E-state index is 0.214. The van der Waals surface area contributed by atoms with Gasteiger partial charge in [-0.2, -0.15) is 0 Å². The van der Waals surface area contributed by atoms with Crippen molar-refractivity contribution in [2.45, 2.75) is 31.7 Å². The normalized spacial score (nSPS) is 28.4. The highest BCUT2D eigenvalue weighted by molar-refractivity contribution is 5.92. The summed E-state index contributed by atoms with van der Waals surface area (Å²) in [6, 6.07) is 0.261. The second-order valence-electron chi connectivity index (χ2n) is 3.77. The smallest absolute Gasteiger partial charge is 0.157 e. The van der Waals surface area contributed by atoms with Gasteiger partial charge in [0.2, 0.25) is 0 Å². The van der Waals surface area contributed by atoms with Gasteiger partial charge in [-0.15, -0.1) is 0 Å². The third-order valence-corrected chi connectivity index (χ3v) is 2.91. The van der Waals surface area contributed by atoms with Crippen LogP contribution in [0.4, 0.5) is 0 Å². The molecule has 0 bridgehead atoms. The molecule has 13 heavy (non-hydrogen) atoms. The molecule has 1 N–H and O–H groups in total. The molecule has 3 heteroatoms. The molecule has 2 aliphatic rings. The molecule has 0 saturated carbocycles. The van der Waals surface area contributed by atoms with E-state index in [9.17, 15) is 4.79 Å². The number of aliphatic hydroxyl groups is 1. The Hall–Kier alpha value is -0.830. The maximum absolute atomic E-state index is 11.0. The number of nitrogens with zero attached hydrogens (tertiary/aromatic N) is 1. The van der Waals surface area contributed by atoms with Gasteiger partial charge in [0.15, 0.2) is 5.78 Å². The molecule has 1 fully saturated rings. The number of allylic oxidation sites excluding steroid dienone is 2. The molecule has 3 nitrogen and oxygen atoms in total. The zero-order valence-electron chi connectivity index (χ0n) is 7.70. The Morgan fingerprint density at radius 1 is 1.54 bits per heavy atom. The first-order valence-corrected chi connectivity index (χ1v) is 4.92. The van der Waals surface area contributed by atoms with Gasteiger partial charge in [0.25, 0.3) is 0 Å². The first kappa shape index (κ1) is 8.75. The standard InChI is InChI=1S/C10H15NO2/c12-7-9-2-1-5-11(9)8-3-4-10(13)6-8/h6,9,12H,1-5,7H2. The molecule has 0 spiro atoms. The lowest BCUT2D eigenvalue weighted by molar-refractivity contribution is -0.114. The number of aliphatic hydroxyl groups excluding tert-OH is 1. The van der Waals surface area contributed by atoms with Crippen LogP contribution >= 0.6 is 0 Å². The summed E-state index contributed by atoms with van der Waals surface area (Å²) in [5, 5.41) is 9.11. The van der Waals surface area contributed by atoms with Gasteiger partial charge in [0, 0.05) is 24.7 Å². The van der Waals surface area contributed by atoms with E-state index in [1.807, 2.05) is 0 Å². The molecule has 1 saturated heterocycles. The van der Waals surface area contributed by atoms with E-state index in [0.29, 0.717) is 6.42 Å². The second kappa shape index (κ2) is 3.50. The SMILES string of the molecule is O=C1C=C(N2CCCC2CO)CC1. The molecule has 0 aromatic rings. The van der Waals surface area contributed by atoms with E-state index in [1.54, 1.807) is 6.08 Å². The van der Waals surface area contributed by atoms with Crippen LogP contribution in [0, 0.1) is 0 Å². The average Bonchev–Trinajstić information content (AvgIpc) is 2.71. The number of rotatable bonds is 2. The third-order valence-electron chi connectivity index (χ3n) is 2.91. The lowest BCUT2D eigenvalue weighted by atomic mass is 10.2. The van der Waals surface area contributed by atoms with Gasteiger partial charge >= 0.3 is 0 Å². The van der Waals surface area contributed by atoms with E-state index < -0.39 is 0 Å². The fourth-order valence-electron chi connectivity index (χ4n) is 2.21. The Kier molecular flexibility index (Phi) is 2.36. The number of hydrogen-bond acceptors (Lipinski definition) is 3. The highest BCUT2D eigenvalue weighted by Gasteiger charge is 2.27. The summed E-state index contributed by atoms with van der Waals surface area (Å²) >= 11 is 0. The molecule has 2 rings (SSSR count). The molecular formula is C10H15NO2. The topological polar surface area (TPSA) is 40.5 Å². The summed E-state index contributed by atoms with van der Waals surface area (Å²) in [7, 11) is 0. The number of carbonyl (C=O) groups excluding carboxylic acids is 1. The Morgan fingerprint density at radius 3 is 3.00 bits per heavy atom. The van der Waals surface area contributed by atoms with Crippen molar-refractivity contribution in [3.8, 4) is 0 Å². The van der Waals surface area contributed by atoms with Crippen LogP contribution < -0.4 is 0 Å². The minimum Gasteiger partial charge on any atom is -0.394 e. The number of ketones is 1. The van der Waals surface area contributed by atoms with Crippen molar-refractivity contribution >= 4 is 5.78 Å². The quantitative estimate of drug-likeness (QED) is 0.681. The summed E-state index contributed by atoms with van der Waals surface area (Å²) in [4.78, 5) is 13.2. The molecule has 0 amide bonds. The van der Waals surface area contributed by atoms with Gasteiger partial charge in [-0.05, 0) is 19.3 Å². The number of likely N-dealkylation sites (tertiary alicyclic amines) is 1. The maximum Gasteiger partial charge on any atom is 0.157 e. The highest BCUT2D eigenvalue weighted by atomic mass is 16.3. The Bertz CT molecular complexity index is 247. The lowest BCUT2D eigenvalue weighted by Crippen LogP contribution is -2.30. The first-order valence-electron chi connectivity index (χ1n) is 4.92. The summed E-state index contributed by atoms with van der Waals surface area (Å²) < 4.78 is 0. The van der Waals surface area contributed by atoms with E-state index in [1.165, 1.54) is 0 Å². The monoisotopic (exact) mass is 181 g/mol. The number of hydrogen-bond donors (Lipinski definition) is 1. The predicted molar refractivity (Wildman–Crippen MR) is 49.1 cm³/mol. The first-order chi connectivity index (χ1) is 6.31. The van der Waals surface area contributed by atoms with Crippen molar-refractivity contribution in [2.24, 2.45) is 0 Å². The summed E-state index contributed by atoms with van der Waals surface area (Å²) in [6.45, 7) is 1.22. The zero-order chi connectivity index (χ0) is 9.26. The maximum atomic E-state index is 11.0. The highest BCUT2D eigenvalue weighted by Crippen LogP contribution is 2.27. The van der Waals surface area contributed by atoms with E-state index in [-0.39, 0.29) is 18.4 Å². The molecule has 1 aliphatic carbocycles. The fourth-order valence-corrected chi connectivity index (χ4v) is 2.21. The van der Waals surface area contributed by atoms with Gasteiger partial charge in [-0.25, -0.2) is 0 Å². The summed E-state index contributed by atoms with van der Waals surface area (Å²) in [6.07, 6.45) is 5.46. The van der Waals surface area contributed by atoms with Crippen molar-refractivity contribution in [1.82, 2.24) is 4.90 Å². The van der Waals surface area contributed by atoms with Crippen LogP contribution in [-0.4, -0.2) is 35.0 Å². The van der Waals surface area contributed by atoms with Gasteiger partial charge in [0.1, 0.15) is 0 Å². The van der Waals surface area contributed by atoms with Gasteiger partial charge in [-0.1, -0.05) is 0 Å². The number of carbonyl (C=O) groups is 1.